The van der Waals surface area contributed by atoms with E-state index in [-0.39, 0.29) is 25.9 Å². The van der Waals surface area contributed by atoms with Crippen molar-refractivity contribution in [3.05, 3.63) is 114 Å². The third-order valence-electron chi connectivity index (χ3n) is 7.41. The van der Waals surface area contributed by atoms with Crippen LogP contribution in [0.15, 0.2) is 89.6 Å². The first-order valence-corrected chi connectivity index (χ1v) is 22.1. The molecule has 44 heavy (non-hydrogen) atoms. The number of hydrogen-bond donors (Lipinski definition) is 0. The minimum absolute atomic E-state index is 0. The molecule has 0 saturated carbocycles. The molecule has 6 rings (SSSR count). The van der Waals surface area contributed by atoms with Crippen molar-refractivity contribution in [3.8, 4) is 22.5 Å². The Labute approximate surface area is 278 Å². The zero-order valence-electron chi connectivity index (χ0n) is 27.4. The fraction of sp³-hybridized carbons (Fsp3) is 0.263. The van der Waals surface area contributed by atoms with Gasteiger partial charge in [0.1, 0.15) is 5.58 Å². The quantitative estimate of drug-likeness (QED) is 0.124. The van der Waals surface area contributed by atoms with Crippen molar-refractivity contribution in [2.75, 3.05) is 0 Å². The molecule has 1 radical (unpaired) electrons. The van der Waals surface area contributed by atoms with Crippen LogP contribution in [0.25, 0.3) is 44.5 Å². The summed E-state index contributed by atoms with van der Waals surface area (Å²) in [5.41, 5.74) is 6.75. The number of aromatic nitrogens is 2. The molecule has 0 spiro atoms. The van der Waals surface area contributed by atoms with E-state index in [4.69, 9.17) is 10.8 Å². The van der Waals surface area contributed by atoms with Crippen LogP contribution in [0.1, 0.15) is 46.1 Å². The fourth-order valence-corrected chi connectivity index (χ4v) is 8.62. The van der Waals surface area contributed by atoms with Crippen LogP contribution in [0.5, 0.6) is 0 Å². The van der Waals surface area contributed by atoms with Crippen molar-refractivity contribution >= 4 is 39.6 Å². The first-order chi connectivity index (χ1) is 20.8. The standard InChI is InChI=1S/C20H15FNO.C18H24GeN.Ir/c1-12(2)13-9-10-22-17(11-13)14-7-8-16(21)19-15-5-3-4-6-18(15)23-20(14)19;1-14(2)11-16-12-18(15-9-7-6-8-10-15)20-13-17(16)19(3,4)5;/h3-6,8-12H,1-2H3;6-9,12-14H,11H2,1-5H3;/q2*-1;/i12D;;. The average molecular weight is 825 g/mol. The Morgan fingerprint density at radius 3 is 2.36 bits per heavy atom. The van der Waals surface area contributed by atoms with E-state index in [2.05, 4.69) is 66.6 Å². The van der Waals surface area contributed by atoms with Crippen LogP contribution in [0.4, 0.5) is 4.39 Å². The normalized spacial score (nSPS) is 12.1. The van der Waals surface area contributed by atoms with Crippen molar-refractivity contribution < 1.29 is 30.3 Å². The first kappa shape index (κ1) is 32.3. The molecule has 3 aromatic heterocycles. The molecule has 0 aliphatic rings. The molecule has 6 heteroatoms. The van der Waals surface area contributed by atoms with Gasteiger partial charge in [-0.3, -0.25) is 4.39 Å². The molecule has 0 N–H and O–H groups in total. The summed E-state index contributed by atoms with van der Waals surface area (Å²) in [5, 5.41) is 1.17. The Morgan fingerprint density at radius 1 is 0.932 bits per heavy atom. The van der Waals surface area contributed by atoms with Crippen LogP contribution in [0, 0.1) is 23.9 Å². The molecule has 3 nitrogen and oxygen atoms in total. The molecular formula is C38H39FGeIrN2O-2. The van der Waals surface area contributed by atoms with Crippen LogP contribution in [-0.2, 0) is 26.5 Å². The molecule has 0 bridgehead atoms. The molecule has 3 heterocycles. The van der Waals surface area contributed by atoms with E-state index in [9.17, 15) is 4.39 Å². The van der Waals surface area contributed by atoms with Gasteiger partial charge in [0, 0.05) is 38.9 Å². The fourth-order valence-electron chi connectivity index (χ4n) is 5.28. The molecular weight excluding hydrogens is 784 g/mol. The van der Waals surface area contributed by atoms with Gasteiger partial charge in [-0.25, -0.2) is 0 Å². The molecule has 0 aliphatic carbocycles. The van der Waals surface area contributed by atoms with Crippen LogP contribution in [0.3, 0.4) is 0 Å². The van der Waals surface area contributed by atoms with Crippen molar-refractivity contribution in [2.45, 2.75) is 57.3 Å². The Balaban J connectivity index is 0.000000204. The SMILES string of the molecule is CC(C)Cc1cc(-c2[c-]cccc2)nc[c]1[Ge]([CH3])([CH3])[CH3].[2H]C(C)(C)c1ccnc(-c2[c-]cc(F)c3c2oc2ccccc23)c1.[Ir]. The number of benzene rings is 3. The number of hydrogen-bond acceptors (Lipinski definition) is 3. The summed E-state index contributed by atoms with van der Waals surface area (Å²) in [6, 6.07) is 28.9. The van der Waals surface area contributed by atoms with E-state index < -0.39 is 19.2 Å². The Morgan fingerprint density at radius 2 is 1.68 bits per heavy atom. The summed E-state index contributed by atoms with van der Waals surface area (Å²) in [7, 11) is 0. The van der Waals surface area contributed by atoms with Crippen molar-refractivity contribution in [3.63, 3.8) is 0 Å². The molecule has 3 aromatic carbocycles. The van der Waals surface area contributed by atoms with Gasteiger partial charge in [0.05, 0.1) is 5.58 Å². The van der Waals surface area contributed by atoms with Gasteiger partial charge in [-0.1, -0.05) is 49.2 Å². The summed E-state index contributed by atoms with van der Waals surface area (Å²) in [6.07, 6.45) is 4.93. The monoisotopic (exact) mass is 826 g/mol. The summed E-state index contributed by atoms with van der Waals surface area (Å²) >= 11 is -1.86. The van der Waals surface area contributed by atoms with Crippen LogP contribution in [-0.4, -0.2) is 23.2 Å². The summed E-state index contributed by atoms with van der Waals surface area (Å²) in [6.45, 7) is 8.21. The van der Waals surface area contributed by atoms with Gasteiger partial charge in [-0.15, -0.1) is 12.1 Å². The van der Waals surface area contributed by atoms with Crippen molar-refractivity contribution in [1.82, 2.24) is 9.97 Å². The largest absolute Gasteiger partial charge is 0.500 e. The van der Waals surface area contributed by atoms with E-state index in [0.29, 0.717) is 33.7 Å². The van der Waals surface area contributed by atoms with E-state index >= 15 is 0 Å². The second kappa shape index (κ2) is 14.3. The van der Waals surface area contributed by atoms with Gasteiger partial charge >= 0.3 is 126 Å². The van der Waals surface area contributed by atoms with Gasteiger partial charge in [-0.05, 0) is 29.1 Å². The van der Waals surface area contributed by atoms with Crippen LogP contribution >= 0.6 is 0 Å². The van der Waals surface area contributed by atoms with Gasteiger partial charge in [-0.2, -0.15) is 0 Å². The van der Waals surface area contributed by atoms with E-state index in [1.54, 1.807) is 10.6 Å². The second-order valence-corrected chi connectivity index (χ2v) is 23.2. The predicted octanol–water partition coefficient (Wildman–Crippen LogP) is 10.0. The molecule has 0 fully saturated rings. The maximum absolute atomic E-state index is 14.4. The average Bonchev–Trinajstić information content (AvgIpc) is 3.37. The number of fused-ring (bicyclic) bond motifs is 3. The number of rotatable bonds is 6. The molecule has 0 amide bonds. The number of para-hydroxylation sites is 1. The second-order valence-electron chi connectivity index (χ2n) is 12.6. The number of furan rings is 1. The predicted molar refractivity (Wildman–Crippen MR) is 180 cm³/mol. The summed E-state index contributed by atoms with van der Waals surface area (Å²) in [5.74, 6) is 6.88. The zero-order valence-corrected chi connectivity index (χ0v) is 30.9. The van der Waals surface area contributed by atoms with E-state index in [1.807, 2.05) is 68.4 Å². The summed E-state index contributed by atoms with van der Waals surface area (Å²) < 4.78 is 30.0. The van der Waals surface area contributed by atoms with E-state index in [1.165, 1.54) is 11.6 Å². The van der Waals surface area contributed by atoms with Gasteiger partial charge in [0.2, 0.25) is 0 Å². The molecule has 0 atom stereocenters. The number of halogens is 1. The Kier molecular flexibility index (Phi) is 10.5. The first-order valence-electron chi connectivity index (χ1n) is 15.3. The van der Waals surface area contributed by atoms with Crippen LogP contribution < -0.4 is 4.40 Å². The summed E-state index contributed by atoms with van der Waals surface area (Å²) in [4.78, 5) is 9.08. The van der Waals surface area contributed by atoms with Crippen molar-refractivity contribution in [1.29, 1.82) is 0 Å². The minimum Gasteiger partial charge on any atom is -0.500 e. The van der Waals surface area contributed by atoms with Crippen molar-refractivity contribution in [2.24, 2.45) is 5.92 Å². The topological polar surface area (TPSA) is 38.9 Å². The smallest absolute Gasteiger partial charge is 0.121 e. The Bertz CT molecular complexity index is 1910. The molecule has 0 unspecified atom stereocenters. The van der Waals surface area contributed by atoms with Gasteiger partial charge in [0.15, 0.2) is 0 Å². The number of pyridine rings is 2. The van der Waals surface area contributed by atoms with Crippen LogP contribution in [0.2, 0.25) is 17.3 Å². The third kappa shape index (κ3) is 7.57. The number of nitrogens with zero attached hydrogens (tertiary/aromatic N) is 2. The van der Waals surface area contributed by atoms with E-state index in [0.717, 1.165) is 28.6 Å². The molecule has 6 aromatic rings. The van der Waals surface area contributed by atoms with Gasteiger partial charge in [0.25, 0.3) is 0 Å². The molecule has 229 valence electrons. The molecule has 0 aliphatic heterocycles. The minimum atomic E-state index is -1.86. The third-order valence-corrected chi connectivity index (χ3v) is 11.7. The molecule has 0 saturated heterocycles. The Hall–Kier alpha value is -3.12. The van der Waals surface area contributed by atoms with Gasteiger partial charge < -0.3 is 9.40 Å². The maximum atomic E-state index is 14.4. The zero-order chi connectivity index (χ0) is 31.6. The maximum Gasteiger partial charge on any atom is 0.121 e.